The van der Waals surface area contributed by atoms with Gasteiger partial charge in [-0.3, -0.25) is 0 Å². The molecule has 2 atom stereocenters. The Morgan fingerprint density at radius 2 is 1.71 bits per heavy atom. The zero-order chi connectivity index (χ0) is 24.4. The smallest absolute Gasteiger partial charge is 0.346 e. The summed E-state index contributed by atoms with van der Waals surface area (Å²) in [6, 6.07) is 14.6. The molecular weight excluding hydrogens is 489 g/mol. The lowest BCUT2D eigenvalue weighted by Crippen LogP contribution is -2.41. The number of hydrogen-bond acceptors (Lipinski definition) is 4. The fourth-order valence-corrected chi connectivity index (χ4v) is 6.48. The third-order valence-corrected chi connectivity index (χ3v) is 8.48. The van der Waals surface area contributed by atoms with E-state index in [2.05, 4.69) is 10.1 Å². The average Bonchev–Trinajstić information content (AvgIpc) is 3.34. The largest absolute Gasteiger partial charge is 0.435 e. The molecule has 3 heterocycles. The lowest BCUT2D eigenvalue weighted by Gasteiger charge is -2.32. The molecule has 0 saturated heterocycles. The predicted molar refractivity (Wildman–Crippen MR) is 123 cm³/mol. The number of benzene rings is 2. The van der Waals surface area contributed by atoms with Crippen LogP contribution in [-0.2, 0) is 23.1 Å². The van der Waals surface area contributed by atoms with Gasteiger partial charge in [-0.25, -0.2) is 18.1 Å². The van der Waals surface area contributed by atoms with Crippen molar-refractivity contribution in [3.05, 3.63) is 77.1 Å². The molecule has 2 aromatic carbocycles. The van der Waals surface area contributed by atoms with Gasteiger partial charge in [0.15, 0.2) is 21.3 Å². The van der Waals surface area contributed by atoms with Crippen molar-refractivity contribution in [1.82, 2.24) is 14.3 Å². The Balaban J connectivity index is 1.78. The first kappa shape index (κ1) is 22.7. The van der Waals surface area contributed by atoms with Gasteiger partial charge in [-0.2, -0.15) is 18.3 Å². The molecule has 176 valence electrons. The molecule has 5 rings (SSSR count). The Morgan fingerprint density at radius 1 is 1.03 bits per heavy atom. The van der Waals surface area contributed by atoms with Crippen LogP contribution in [0.1, 0.15) is 24.4 Å². The summed E-state index contributed by atoms with van der Waals surface area (Å²) < 4.78 is 71.1. The molecule has 1 aliphatic rings. The summed E-state index contributed by atoms with van der Waals surface area (Å²) in [4.78, 5) is 4.23. The second-order valence-electron chi connectivity index (χ2n) is 8.13. The molecule has 0 amide bonds. The summed E-state index contributed by atoms with van der Waals surface area (Å²) >= 11 is 5.94. The van der Waals surface area contributed by atoms with Crippen LogP contribution < -0.4 is 0 Å². The maximum absolute atomic E-state index is 13.8. The van der Waals surface area contributed by atoms with Crippen LogP contribution in [0.4, 0.5) is 19.0 Å². The van der Waals surface area contributed by atoms with Gasteiger partial charge in [-0.15, -0.1) is 0 Å². The van der Waals surface area contributed by atoms with Crippen LogP contribution in [0.3, 0.4) is 0 Å². The second kappa shape index (κ2) is 7.71. The van der Waals surface area contributed by atoms with Gasteiger partial charge in [0.2, 0.25) is 0 Å². The van der Waals surface area contributed by atoms with E-state index in [0.29, 0.717) is 10.7 Å². The van der Waals surface area contributed by atoms with Crippen molar-refractivity contribution in [2.24, 2.45) is 12.0 Å². The maximum atomic E-state index is 13.8. The number of hydrogen-bond donors (Lipinski definition) is 0. The molecule has 0 spiro atoms. The van der Waals surface area contributed by atoms with Crippen LogP contribution in [0.2, 0.25) is 5.02 Å². The summed E-state index contributed by atoms with van der Waals surface area (Å²) in [7, 11) is -2.34. The number of sulfone groups is 1. The highest BCUT2D eigenvalue weighted by molar-refractivity contribution is 7.92. The van der Waals surface area contributed by atoms with Crippen LogP contribution >= 0.6 is 11.6 Å². The standard InChI is InChI=1S/C23H18ClF3N4O2S/c1-13-22(34(32,33)16-9-7-15(24)8-10-16)21(18-11-14-5-3-4-6-17(14)30(18)2)31-20(28-13)12-19(29-31)23(25,26)27/h3-12,21-22H,1-2H3. The molecule has 34 heavy (non-hydrogen) atoms. The Kier molecular flexibility index (Phi) is 5.14. The number of para-hydroxylation sites is 1. The van der Waals surface area contributed by atoms with Gasteiger partial charge in [0, 0.05) is 35.1 Å². The molecule has 0 N–H and O–H groups in total. The summed E-state index contributed by atoms with van der Waals surface area (Å²) in [6.45, 7) is 1.51. The highest BCUT2D eigenvalue weighted by Gasteiger charge is 2.46. The first-order valence-corrected chi connectivity index (χ1v) is 12.2. The van der Waals surface area contributed by atoms with Gasteiger partial charge in [-0.05, 0) is 48.7 Å². The molecule has 2 aromatic heterocycles. The number of rotatable bonds is 3. The van der Waals surface area contributed by atoms with Gasteiger partial charge < -0.3 is 4.57 Å². The van der Waals surface area contributed by atoms with Gasteiger partial charge in [0.25, 0.3) is 0 Å². The summed E-state index contributed by atoms with van der Waals surface area (Å²) in [5, 5.41) is 3.69. The fourth-order valence-electron chi connectivity index (χ4n) is 4.45. The molecule has 0 fully saturated rings. The van der Waals surface area contributed by atoms with Crippen LogP contribution in [0.15, 0.2) is 70.6 Å². The minimum Gasteiger partial charge on any atom is -0.346 e. The van der Waals surface area contributed by atoms with Crippen LogP contribution in [0.25, 0.3) is 10.9 Å². The molecule has 11 heteroatoms. The molecule has 2 unspecified atom stereocenters. The summed E-state index contributed by atoms with van der Waals surface area (Å²) in [5.74, 6) is -0.0531. The topological polar surface area (TPSA) is 69.2 Å². The Hall–Kier alpha value is -3.11. The summed E-state index contributed by atoms with van der Waals surface area (Å²) in [5.41, 5.74) is 0.347. The van der Waals surface area contributed by atoms with Crippen molar-refractivity contribution in [3.63, 3.8) is 0 Å². The van der Waals surface area contributed by atoms with E-state index in [1.54, 1.807) is 17.7 Å². The number of aliphatic imine (C=N–C) groups is 1. The van der Waals surface area contributed by atoms with E-state index in [1.165, 1.54) is 31.2 Å². The van der Waals surface area contributed by atoms with E-state index in [4.69, 9.17) is 11.6 Å². The zero-order valence-electron chi connectivity index (χ0n) is 18.0. The average molecular weight is 507 g/mol. The number of nitrogens with zero attached hydrogens (tertiary/aromatic N) is 4. The molecule has 4 aromatic rings. The third-order valence-electron chi connectivity index (χ3n) is 6.03. The second-order valence-corrected chi connectivity index (χ2v) is 10.6. The van der Waals surface area contributed by atoms with Crippen molar-refractivity contribution in [1.29, 1.82) is 0 Å². The number of fused-ring (bicyclic) bond motifs is 2. The molecule has 1 aliphatic heterocycles. The van der Waals surface area contributed by atoms with E-state index >= 15 is 0 Å². The van der Waals surface area contributed by atoms with Crippen molar-refractivity contribution < 1.29 is 21.6 Å². The molecule has 0 radical (unpaired) electrons. The molecular formula is C23H18ClF3N4O2S. The van der Waals surface area contributed by atoms with E-state index in [1.807, 2.05) is 24.3 Å². The molecule has 0 bridgehead atoms. The van der Waals surface area contributed by atoms with Gasteiger partial charge in [0.05, 0.1) is 4.90 Å². The Bertz CT molecular complexity index is 1550. The van der Waals surface area contributed by atoms with Crippen molar-refractivity contribution in [2.75, 3.05) is 0 Å². The van der Waals surface area contributed by atoms with E-state index in [9.17, 15) is 21.6 Å². The Labute approximate surface area is 198 Å². The number of aromatic nitrogens is 3. The lowest BCUT2D eigenvalue weighted by atomic mass is 10.0. The van der Waals surface area contributed by atoms with Gasteiger partial charge >= 0.3 is 6.18 Å². The first-order valence-electron chi connectivity index (χ1n) is 10.2. The van der Waals surface area contributed by atoms with E-state index < -0.39 is 33.0 Å². The highest BCUT2D eigenvalue weighted by atomic mass is 35.5. The van der Waals surface area contributed by atoms with Crippen molar-refractivity contribution in [3.8, 4) is 0 Å². The predicted octanol–water partition coefficient (Wildman–Crippen LogP) is 5.58. The van der Waals surface area contributed by atoms with Crippen LogP contribution in [0.5, 0.6) is 0 Å². The number of halogens is 4. The summed E-state index contributed by atoms with van der Waals surface area (Å²) in [6.07, 6.45) is -4.71. The fraction of sp³-hybridized carbons (Fsp3) is 0.217. The van der Waals surface area contributed by atoms with Crippen molar-refractivity contribution in [2.45, 2.75) is 29.3 Å². The molecule has 0 aliphatic carbocycles. The monoisotopic (exact) mass is 506 g/mol. The lowest BCUT2D eigenvalue weighted by molar-refractivity contribution is -0.141. The maximum Gasteiger partial charge on any atom is 0.435 e. The van der Waals surface area contributed by atoms with E-state index in [-0.39, 0.29) is 16.4 Å². The molecule has 0 saturated carbocycles. The normalized spacial score (nSPS) is 18.7. The zero-order valence-corrected chi connectivity index (χ0v) is 19.5. The van der Waals surface area contributed by atoms with Crippen LogP contribution in [-0.4, -0.2) is 33.7 Å². The Morgan fingerprint density at radius 3 is 2.35 bits per heavy atom. The minimum atomic E-state index is -4.71. The quantitative estimate of drug-likeness (QED) is 0.364. The molecule has 6 nitrogen and oxygen atoms in total. The number of aryl methyl sites for hydroxylation is 1. The van der Waals surface area contributed by atoms with Gasteiger partial charge in [-0.1, -0.05) is 29.8 Å². The van der Waals surface area contributed by atoms with Gasteiger partial charge in [0.1, 0.15) is 11.3 Å². The van der Waals surface area contributed by atoms with Crippen LogP contribution in [0, 0.1) is 0 Å². The minimum absolute atomic E-state index is 0.00753. The van der Waals surface area contributed by atoms with Crippen molar-refractivity contribution >= 4 is 43.9 Å². The number of alkyl halides is 3. The SMILES string of the molecule is CC1=Nc2cc(C(F)(F)F)nn2C(c2cc3ccccc3n2C)C1S(=O)(=O)c1ccc(Cl)cc1. The third kappa shape index (κ3) is 3.52. The first-order chi connectivity index (χ1) is 16.0. The van der Waals surface area contributed by atoms with E-state index in [0.717, 1.165) is 21.7 Å². The highest BCUT2D eigenvalue weighted by Crippen LogP contribution is 2.42.